The maximum Gasteiger partial charge on any atom is 0.0701 e. The molecule has 1 rings (SSSR count). The van der Waals surface area contributed by atoms with Crippen LogP contribution in [-0.4, -0.2) is 37.2 Å². The Balaban J connectivity index is 2.56. The second kappa shape index (κ2) is 6.85. The van der Waals surface area contributed by atoms with Crippen molar-refractivity contribution in [1.29, 1.82) is 0 Å². The molecule has 98 valence electrons. The Morgan fingerprint density at radius 2 is 2.18 bits per heavy atom. The summed E-state index contributed by atoms with van der Waals surface area (Å²) in [5.74, 6) is 0. The van der Waals surface area contributed by atoms with E-state index in [0.717, 1.165) is 26.2 Å². The molecule has 1 aromatic rings. The first-order valence-corrected chi connectivity index (χ1v) is 7.26. The van der Waals surface area contributed by atoms with E-state index in [9.17, 15) is 0 Å². The third-order valence-electron chi connectivity index (χ3n) is 2.25. The second-order valence-corrected chi connectivity index (χ2v) is 7.45. The summed E-state index contributed by atoms with van der Waals surface area (Å²) in [4.78, 5) is 3.68. The standard InChI is InChI=1S/C12H21BrN2OS/c1-12(2,14)9-15(6-7-16-3)8-10-4-5-11(13)17-10/h4-5H,6-9,14H2,1-3H3. The van der Waals surface area contributed by atoms with Crippen LogP contribution in [-0.2, 0) is 11.3 Å². The summed E-state index contributed by atoms with van der Waals surface area (Å²) in [6, 6.07) is 4.24. The van der Waals surface area contributed by atoms with E-state index in [1.54, 1.807) is 18.4 Å². The number of ether oxygens (including phenoxy) is 1. The highest BCUT2D eigenvalue weighted by Gasteiger charge is 2.17. The second-order valence-electron chi connectivity index (χ2n) is 4.90. The third kappa shape index (κ3) is 6.52. The number of hydrogen-bond acceptors (Lipinski definition) is 4. The molecule has 3 nitrogen and oxygen atoms in total. The van der Waals surface area contributed by atoms with E-state index in [4.69, 9.17) is 10.5 Å². The predicted octanol–water partition coefficient (Wildman–Crippen LogP) is 2.70. The Kier molecular flexibility index (Phi) is 6.09. The van der Waals surface area contributed by atoms with Crippen LogP contribution in [0.15, 0.2) is 15.9 Å². The van der Waals surface area contributed by atoms with Gasteiger partial charge in [0.1, 0.15) is 0 Å². The summed E-state index contributed by atoms with van der Waals surface area (Å²) in [6.45, 7) is 7.55. The first kappa shape index (κ1) is 15.1. The molecule has 0 atom stereocenters. The molecular formula is C12H21BrN2OS. The van der Waals surface area contributed by atoms with Crippen molar-refractivity contribution >= 4 is 27.3 Å². The van der Waals surface area contributed by atoms with Crippen molar-refractivity contribution in [2.24, 2.45) is 5.73 Å². The van der Waals surface area contributed by atoms with Crippen LogP contribution in [0, 0.1) is 0 Å². The molecule has 0 fully saturated rings. The number of halogens is 1. The van der Waals surface area contributed by atoms with Crippen molar-refractivity contribution in [3.63, 3.8) is 0 Å². The van der Waals surface area contributed by atoms with E-state index in [-0.39, 0.29) is 5.54 Å². The molecule has 17 heavy (non-hydrogen) atoms. The smallest absolute Gasteiger partial charge is 0.0701 e. The van der Waals surface area contributed by atoms with Gasteiger partial charge >= 0.3 is 0 Å². The fourth-order valence-corrected chi connectivity index (χ4v) is 3.19. The molecule has 0 amide bonds. The maximum absolute atomic E-state index is 6.08. The van der Waals surface area contributed by atoms with Crippen LogP contribution < -0.4 is 5.73 Å². The largest absolute Gasteiger partial charge is 0.383 e. The highest BCUT2D eigenvalue weighted by Crippen LogP contribution is 2.23. The van der Waals surface area contributed by atoms with E-state index in [1.807, 2.05) is 0 Å². The van der Waals surface area contributed by atoms with Gasteiger partial charge in [-0.25, -0.2) is 0 Å². The highest BCUT2D eigenvalue weighted by atomic mass is 79.9. The Bertz CT molecular complexity index is 335. The lowest BCUT2D eigenvalue weighted by Gasteiger charge is -2.29. The number of thiophene rings is 1. The Morgan fingerprint density at radius 1 is 1.47 bits per heavy atom. The van der Waals surface area contributed by atoms with Crippen molar-refractivity contribution in [1.82, 2.24) is 4.90 Å². The Morgan fingerprint density at radius 3 is 2.65 bits per heavy atom. The summed E-state index contributed by atoms with van der Waals surface area (Å²) in [6.07, 6.45) is 0. The first-order valence-electron chi connectivity index (χ1n) is 5.65. The van der Waals surface area contributed by atoms with Crippen molar-refractivity contribution in [3.05, 3.63) is 20.8 Å². The van der Waals surface area contributed by atoms with Crippen LogP contribution in [0.2, 0.25) is 0 Å². The average Bonchev–Trinajstić information content (AvgIpc) is 2.58. The number of rotatable bonds is 7. The number of nitrogens with zero attached hydrogens (tertiary/aromatic N) is 1. The van der Waals surface area contributed by atoms with Gasteiger partial charge in [0.05, 0.1) is 10.4 Å². The zero-order valence-corrected chi connectivity index (χ0v) is 13.1. The maximum atomic E-state index is 6.08. The van der Waals surface area contributed by atoms with E-state index in [0.29, 0.717) is 0 Å². The highest BCUT2D eigenvalue weighted by molar-refractivity contribution is 9.11. The molecule has 1 heterocycles. The first-order chi connectivity index (χ1) is 7.90. The Hall–Kier alpha value is 0.0600. The van der Waals surface area contributed by atoms with Crippen LogP contribution in [0.5, 0.6) is 0 Å². The molecule has 0 aliphatic heterocycles. The lowest BCUT2D eigenvalue weighted by molar-refractivity contribution is 0.131. The van der Waals surface area contributed by atoms with Gasteiger partial charge in [0.15, 0.2) is 0 Å². The monoisotopic (exact) mass is 320 g/mol. The van der Waals surface area contributed by atoms with Gasteiger partial charge < -0.3 is 10.5 Å². The van der Waals surface area contributed by atoms with Crippen LogP contribution in [0.4, 0.5) is 0 Å². The fraction of sp³-hybridized carbons (Fsp3) is 0.667. The van der Waals surface area contributed by atoms with Gasteiger partial charge in [-0.05, 0) is 41.9 Å². The molecule has 0 spiro atoms. The zero-order chi connectivity index (χ0) is 12.9. The molecule has 5 heteroatoms. The van der Waals surface area contributed by atoms with E-state index in [2.05, 4.69) is 46.8 Å². The van der Waals surface area contributed by atoms with Crippen molar-refractivity contribution in [2.75, 3.05) is 26.8 Å². The average molecular weight is 321 g/mol. The number of nitrogens with two attached hydrogens (primary N) is 1. The van der Waals surface area contributed by atoms with Gasteiger partial charge in [-0.15, -0.1) is 11.3 Å². The van der Waals surface area contributed by atoms with Gasteiger partial charge in [0, 0.05) is 37.2 Å². The van der Waals surface area contributed by atoms with Crippen molar-refractivity contribution in [3.8, 4) is 0 Å². The molecule has 0 aliphatic carbocycles. The Labute approximate surface area is 116 Å². The van der Waals surface area contributed by atoms with Crippen LogP contribution in [0.3, 0.4) is 0 Å². The van der Waals surface area contributed by atoms with Crippen LogP contribution in [0.1, 0.15) is 18.7 Å². The molecule has 2 N–H and O–H groups in total. The van der Waals surface area contributed by atoms with E-state index >= 15 is 0 Å². The molecule has 0 saturated heterocycles. The topological polar surface area (TPSA) is 38.5 Å². The van der Waals surface area contributed by atoms with Crippen LogP contribution in [0.25, 0.3) is 0 Å². The molecule has 0 radical (unpaired) electrons. The normalized spacial score (nSPS) is 12.4. The summed E-state index contributed by atoms with van der Waals surface area (Å²) in [7, 11) is 1.73. The quantitative estimate of drug-likeness (QED) is 0.839. The minimum Gasteiger partial charge on any atom is -0.383 e. The molecule has 0 aliphatic rings. The minimum absolute atomic E-state index is 0.178. The number of hydrogen-bond donors (Lipinski definition) is 1. The zero-order valence-electron chi connectivity index (χ0n) is 10.7. The van der Waals surface area contributed by atoms with Gasteiger partial charge in [0.25, 0.3) is 0 Å². The molecule has 0 bridgehead atoms. The molecule has 0 aromatic carbocycles. The SMILES string of the molecule is COCCN(Cc1ccc(Br)s1)CC(C)(C)N. The summed E-state index contributed by atoms with van der Waals surface area (Å²) in [5, 5.41) is 0. The summed E-state index contributed by atoms with van der Waals surface area (Å²) in [5.41, 5.74) is 5.90. The van der Waals surface area contributed by atoms with Crippen LogP contribution >= 0.6 is 27.3 Å². The van der Waals surface area contributed by atoms with Gasteiger partial charge in [0.2, 0.25) is 0 Å². The van der Waals surface area contributed by atoms with E-state index < -0.39 is 0 Å². The predicted molar refractivity (Wildman–Crippen MR) is 77.4 cm³/mol. The molecule has 1 aromatic heterocycles. The fourth-order valence-electron chi connectivity index (χ4n) is 1.67. The van der Waals surface area contributed by atoms with E-state index in [1.165, 1.54) is 8.66 Å². The third-order valence-corrected chi connectivity index (χ3v) is 3.86. The summed E-state index contributed by atoms with van der Waals surface area (Å²) >= 11 is 5.26. The number of methoxy groups -OCH3 is 1. The summed E-state index contributed by atoms with van der Waals surface area (Å²) < 4.78 is 6.31. The molecular weight excluding hydrogens is 300 g/mol. The minimum atomic E-state index is -0.178. The van der Waals surface area contributed by atoms with Crippen molar-refractivity contribution < 1.29 is 4.74 Å². The van der Waals surface area contributed by atoms with Gasteiger partial charge in [-0.1, -0.05) is 0 Å². The van der Waals surface area contributed by atoms with Crippen molar-refractivity contribution in [2.45, 2.75) is 25.9 Å². The lowest BCUT2D eigenvalue weighted by atomic mass is 10.1. The van der Waals surface area contributed by atoms with Gasteiger partial charge in [-0.3, -0.25) is 4.90 Å². The molecule has 0 unspecified atom stereocenters. The lowest BCUT2D eigenvalue weighted by Crippen LogP contribution is -2.45. The molecule has 0 saturated carbocycles. The van der Waals surface area contributed by atoms with Gasteiger partial charge in [-0.2, -0.15) is 0 Å².